The normalized spacial score (nSPS) is 15.1. The number of anilines is 1. The minimum Gasteiger partial charge on any atom is -0.488 e. The number of nitrogens with zero attached hydrogens (tertiary/aromatic N) is 1. The first-order chi connectivity index (χ1) is 15.8. The molecule has 0 atom stereocenters. The molecular weight excluding hydrogens is 423 g/mol. The predicted molar refractivity (Wildman–Crippen MR) is 122 cm³/mol. The van der Waals surface area contributed by atoms with E-state index < -0.39 is 17.8 Å². The van der Waals surface area contributed by atoms with Gasteiger partial charge in [-0.1, -0.05) is 36.4 Å². The van der Waals surface area contributed by atoms with Crippen molar-refractivity contribution < 1.29 is 23.5 Å². The van der Waals surface area contributed by atoms with Crippen molar-refractivity contribution in [3.05, 3.63) is 100 Å². The summed E-state index contributed by atoms with van der Waals surface area (Å²) >= 11 is 0. The Morgan fingerprint density at radius 2 is 1.61 bits per heavy atom. The van der Waals surface area contributed by atoms with E-state index in [0.29, 0.717) is 17.0 Å². The van der Waals surface area contributed by atoms with Crippen LogP contribution in [-0.4, -0.2) is 17.8 Å². The summed E-state index contributed by atoms with van der Waals surface area (Å²) in [7, 11) is 0. The fourth-order valence-electron chi connectivity index (χ4n) is 3.60. The molecule has 33 heavy (non-hydrogen) atoms. The van der Waals surface area contributed by atoms with Crippen molar-refractivity contribution in [2.75, 3.05) is 4.90 Å². The highest BCUT2D eigenvalue weighted by Gasteiger charge is 2.37. The summed E-state index contributed by atoms with van der Waals surface area (Å²) in [4.78, 5) is 39.2. The molecule has 6 nitrogen and oxygen atoms in total. The molecule has 4 amide bonds. The third-order valence-electron chi connectivity index (χ3n) is 5.09. The lowest BCUT2D eigenvalue weighted by atomic mass is 10.0. The topological polar surface area (TPSA) is 75.7 Å². The van der Waals surface area contributed by atoms with E-state index in [1.54, 1.807) is 48.5 Å². The number of halogens is 1. The van der Waals surface area contributed by atoms with Crippen LogP contribution in [0.5, 0.6) is 5.75 Å². The number of amides is 4. The smallest absolute Gasteiger partial charge is 0.335 e. The zero-order chi connectivity index (χ0) is 23.5. The number of hydrogen-bond donors (Lipinski definition) is 1. The Morgan fingerprint density at radius 3 is 2.30 bits per heavy atom. The summed E-state index contributed by atoms with van der Waals surface area (Å²) in [6.45, 7) is 3.90. The quantitative estimate of drug-likeness (QED) is 0.458. The second kappa shape index (κ2) is 9.08. The molecule has 0 radical (unpaired) electrons. The largest absolute Gasteiger partial charge is 0.488 e. The standard InChI is InChI=1S/C26H21FN2O4/c1-16-11-17(2)13-21(12-16)29-25(31)22(24(30)28-26(29)32)14-19-5-3-4-6-23(19)33-15-18-7-9-20(27)10-8-18/h3-14H,15H2,1-2H3,(H,28,30,32)/b22-14+. The van der Waals surface area contributed by atoms with Crippen LogP contribution in [0.25, 0.3) is 6.08 Å². The number of para-hydroxylation sites is 1. The molecule has 3 aromatic rings. The zero-order valence-electron chi connectivity index (χ0n) is 18.1. The summed E-state index contributed by atoms with van der Waals surface area (Å²) in [6, 6.07) is 17.4. The first-order valence-corrected chi connectivity index (χ1v) is 10.3. The number of urea groups is 1. The number of imide groups is 2. The van der Waals surface area contributed by atoms with E-state index in [1.165, 1.54) is 18.2 Å². The van der Waals surface area contributed by atoms with Gasteiger partial charge in [0.05, 0.1) is 5.69 Å². The molecule has 0 aromatic heterocycles. The van der Waals surface area contributed by atoms with Crippen LogP contribution >= 0.6 is 0 Å². The van der Waals surface area contributed by atoms with Gasteiger partial charge in [0.2, 0.25) is 0 Å². The molecule has 1 aliphatic heterocycles. The van der Waals surface area contributed by atoms with E-state index in [4.69, 9.17) is 4.74 Å². The van der Waals surface area contributed by atoms with Crippen molar-refractivity contribution in [2.24, 2.45) is 0 Å². The number of barbiturate groups is 1. The van der Waals surface area contributed by atoms with Crippen molar-refractivity contribution in [1.29, 1.82) is 0 Å². The Bertz CT molecular complexity index is 1260. The lowest BCUT2D eigenvalue weighted by Crippen LogP contribution is -2.54. The average molecular weight is 444 g/mol. The summed E-state index contributed by atoms with van der Waals surface area (Å²) in [6.07, 6.45) is 1.40. The number of carbonyl (C=O) groups is 3. The molecule has 1 heterocycles. The lowest BCUT2D eigenvalue weighted by Gasteiger charge is -2.27. The lowest BCUT2D eigenvalue weighted by molar-refractivity contribution is -0.122. The first-order valence-electron chi connectivity index (χ1n) is 10.3. The molecule has 0 saturated carbocycles. The maximum absolute atomic E-state index is 13.2. The van der Waals surface area contributed by atoms with Crippen LogP contribution in [0.3, 0.4) is 0 Å². The Kier molecular flexibility index (Phi) is 6.04. The highest BCUT2D eigenvalue weighted by Crippen LogP contribution is 2.27. The highest BCUT2D eigenvalue weighted by molar-refractivity contribution is 6.39. The van der Waals surface area contributed by atoms with Gasteiger partial charge in [0.25, 0.3) is 11.8 Å². The van der Waals surface area contributed by atoms with Gasteiger partial charge < -0.3 is 4.74 Å². The number of nitrogens with one attached hydrogen (secondary N) is 1. The van der Waals surface area contributed by atoms with Crippen molar-refractivity contribution in [1.82, 2.24) is 5.32 Å². The first kappa shape index (κ1) is 22.0. The average Bonchev–Trinajstić information content (AvgIpc) is 2.76. The summed E-state index contributed by atoms with van der Waals surface area (Å²) < 4.78 is 19.0. The monoisotopic (exact) mass is 444 g/mol. The van der Waals surface area contributed by atoms with Crippen LogP contribution in [-0.2, 0) is 16.2 Å². The molecule has 1 aliphatic rings. The van der Waals surface area contributed by atoms with Crippen LogP contribution in [0, 0.1) is 19.7 Å². The van der Waals surface area contributed by atoms with Gasteiger partial charge in [-0.05, 0) is 66.9 Å². The summed E-state index contributed by atoms with van der Waals surface area (Å²) in [5.41, 5.74) is 3.21. The minimum atomic E-state index is -0.798. The molecule has 3 aromatic carbocycles. The maximum Gasteiger partial charge on any atom is 0.335 e. The molecule has 0 aliphatic carbocycles. The van der Waals surface area contributed by atoms with Crippen LogP contribution in [0.2, 0.25) is 0 Å². The number of aryl methyl sites for hydroxylation is 2. The van der Waals surface area contributed by atoms with E-state index in [0.717, 1.165) is 21.6 Å². The van der Waals surface area contributed by atoms with Gasteiger partial charge in [-0.25, -0.2) is 14.1 Å². The Morgan fingerprint density at radius 1 is 0.939 bits per heavy atom. The van der Waals surface area contributed by atoms with Gasteiger partial charge in [-0.2, -0.15) is 0 Å². The van der Waals surface area contributed by atoms with Gasteiger partial charge >= 0.3 is 6.03 Å². The van der Waals surface area contributed by atoms with Crippen molar-refractivity contribution in [3.63, 3.8) is 0 Å². The van der Waals surface area contributed by atoms with Crippen LogP contribution in [0.15, 0.2) is 72.3 Å². The SMILES string of the molecule is Cc1cc(C)cc(N2C(=O)NC(=O)/C(=C\c3ccccc3OCc3ccc(F)cc3)C2=O)c1. The number of carbonyl (C=O) groups excluding carboxylic acids is 3. The van der Waals surface area contributed by atoms with Gasteiger partial charge in [0.1, 0.15) is 23.7 Å². The third-order valence-corrected chi connectivity index (χ3v) is 5.09. The Labute approximate surface area is 190 Å². The van der Waals surface area contributed by atoms with Crippen LogP contribution in [0.4, 0.5) is 14.9 Å². The van der Waals surface area contributed by atoms with E-state index in [1.807, 2.05) is 19.9 Å². The van der Waals surface area contributed by atoms with Gasteiger partial charge in [0, 0.05) is 5.56 Å². The Balaban J connectivity index is 1.65. The molecule has 1 fully saturated rings. The second-order valence-corrected chi connectivity index (χ2v) is 7.76. The molecule has 0 spiro atoms. The van der Waals surface area contributed by atoms with Crippen molar-refractivity contribution in [2.45, 2.75) is 20.5 Å². The molecule has 0 unspecified atom stereocenters. The fourth-order valence-corrected chi connectivity index (χ4v) is 3.60. The molecule has 1 N–H and O–H groups in total. The molecule has 4 rings (SSSR count). The van der Waals surface area contributed by atoms with Crippen molar-refractivity contribution >= 4 is 29.6 Å². The fraction of sp³-hybridized carbons (Fsp3) is 0.115. The number of benzene rings is 3. The summed E-state index contributed by atoms with van der Waals surface area (Å²) in [5, 5.41) is 2.23. The molecular formula is C26H21FN2O4. The van der Waals surface area contributed by atoms with Crippen molar-refractivity contribution in [3.8, 4) is 5.75 Å². The van der Waals surface area contributed by atoms with E-state index >= 15 is 0 Å². The van der Waals surface area contributed by atoms with E-state index in [2.05, 4.69) is 5.32 Å². The number of hydrogen-bond acceptors (Lipinski definition) is 4. The summed E-state index contributed by atoms with van der Waals surface area (Å²) in [5.74, 6) is -1.40. The number of rotatable bonds is 5. The van der Waals surface area contributed by atoms with Crippen LogP contribution in [0.1, 0.15) is 22.3 Å². The molecule has 1 saturated heterocycles. The predicted octanol–water partition coefficient (Wildman–Crippen LogP) is 4.69. The van der Waals surface area contributed by atoms with Crippen LogP contribution < -0.4 is 15.0 Å². The van der Waals surface area contributed by atoms with E-state index in [-0.39, 0.29) is 18.0 Å². The number of ether oxygens (including phenoxy) is 1. The molecule has 0 bridgehead atoms. The molecule has 7 heteroatoms. The minimum absolute atomic E-state index is 0.174. The second-order valence-electron chi connectivity index (χ2n) is 7.76. The van der Waals surface area contributed by atoms with E-state index in [9.17, 15) is 18.8 Å². The zero-order valence-corrected chi connectivity index (χ0v) is 18.1. The highest BCUT2D eigenvalue weighted by atomic mass is 19.1. The van der Waals surface area contributed by atoms with Gasteiger partial charge in [0.15, 0.2) is 0 Å². The third kappa shape index (κ3) is 4.82. The molecule has 166 valence electrons. The van der Waals surface area contributed by atoms with Gasteiger partial charge in [-0.15, -0.1) is 0 Å². The van der Waals surface area contributed by atoms with Gasteiger partial charge in [-0.3, -0.25) is 14.9 Å². The Hall–Kier alpha value is -4.26. The maximum atomic E-state index is 13.2.